The Kier molecular flexibility index (Phi) is 3.13. The molecular formula is C18H16N2O3S. The summed E-state index contributed by atoms with van der Waals surface area (Å²) < 4.78 is 12.9. The van der Waals surface area contributed by atoms with Crippen molar-refractivity contribution in [1.29, 1.82) is 0 Å². The molecule has 0 radical (unpaired) electrons. The van der Waals surface area contributed by atoms with Crippen LogP contribution in [0, 0.1) is 0 Å². The molecule has 0 saturated heterocycles. The van der Waals surface area contributed by atoms with Crippen molar-refractivity contribution < 1.29 is 9.47 Å². The highest BCUT2D eigenvalue weighted by atomic mass is 32.1. The van der Waals surface area contributed by atoms with Gasteiger partial charge in [0.1, 0.15) is 18.0 Å². The van der Waals surface area contributed by atoms with Gasteiger partial charge in [0.2, 0.25) is 0 Å². The van der Waals surface area contributed by atoms with Crippen LogP contribution in [-0.4, -0.2) is 22.8 Å². The Bertz CT molecular complexity index is 1010. The van der Waals surface area contributed by atoms with E-state index < -0.39 is 0 Å². The first kappa shape index (κ1) is 14.0. The summed E-state index contributed by atoms with van der Waals surface area (Å²) in [5.41, 5.74) is 2.30. The molecule has 2 aliphatic rings. The molecule has 1 aromatic carbocycles. The Morgan fingerprint density at radius 2 is 2.04 bits per heavy atom. The molecule has 0 N–H and O–H groups in total. The van der Waals surface area contributed by atoms with Gasteiger partial charge in [-0.1, -0.05) is 6.07 Å². The highest BCUT2D eigenvalue weighted by Crippen LogP contribution is 2.34. The van der Waals surface area contributed by atoms with Gasteiger partial charge in [-0.25, -0.2) is 4.98 Å². The van der Waals surface area contributed by atoms with Crippen molar-refractivity contribution in [3.63, 3.8) is 0 Å². The minimum atomic E-state index is 0.0642. The maximum atomic E-state index is 12.9. The van der Waals surface area contributed by atoms with Crippen LogP contribution >= 0.6 is 11.3 Å². The molecule has 122 valence electrons. The Hall–Kier alpha value is -2.34. The van der Waals surface area contributed by atoms with Gasteiger partial charge in [-0.05, 0) is 42.5 Å². The fraction of sp³-hybridized carbons (Fsp3) is 0.333. The van der Waals surface area contributed by atoms with E-state index in [4.69, 9.17) is 9.47 Å². The van der Waals surface area contributed by atoms with E-state index in [1.165, 1.54) is 10.4 Å². The van der Waals surface area contributed by atoms with Crippen molar-refractivity contribution in [2.24, 2.45) is 0 Å². The van der Waals surface area contributed by atoms with E-state index in [1.54, 1.807) is 22.2 Å². The van der Waals surface area contributed by atoms with Gasteiger partial charge >= 0.3 is 0 Å². The third-order valence-corrected chi connectivity index (χ3v) is 5.85. The van der Waals surface area contributed by atoms with Crippen LogP contribution in [0.5, 0.6) is 11.5 Å². The lowest BCUT2D eigenvalue weighted by molar-refractivity contribution is 0.171. The second-order valence-electron chi connectivity index (χ2n) is 6.19. The molecule has 3 aromatic rings. The molecule has 24 heavy (non-hydrogen) atoms. The smallest absolute Gasteiger partial charge is 0.262 e. The summed E-state index contributed by atoms with van der Waals surface area (Å²) in [7, 11) is 0. The number of aromatic nitrogens is 2. The van der Waals surface area contributed by atoms with E-state index in [-0.39, 0.29) is 5.56 Å². The van der Waals surface area contributed by atoms with E-state index in [2.05, 4.69) is 4.98 Å². The third-order valence-electron chi connectivity index (χ3n) is 4.65. The number of hydrogen-bond acceptors (Lipinski definition) is 5. The molecule has 0 spiro atoms. The molecule has 6 heteroatoms. The van der Waals surface area contributed by atoms with Gasteiger partial charge in [-0.3, -0.25) is 9.36 Å². The van der Waals surface area contributed by atoms with Gasteiger partial charge in [0.25, 0.3) is 5.56 Å². The van der Waals surface area contributed by atoms with E-state index in [0.29, 0.717) is 19.8 Å². The van der Waals surface area contributed by atoms with E-state index in [9.17, 15) is 4.79 Å². The molecule has 0 amide bonds. The summed E-state index contributed by atoms with van der Waals surface area (Å²) in [6.45, 7) is 1.63. The largest absolute Gasteiger partial charge is 0.486 e. The highest BCUT2D eigenvalue weighted by molar-refractivity contribution is 7.18. The molecule has 1 aliphatic carbocycles. The predicted octanol–water partition coefficient (Wildman–Crippen LogP) is 2.77. The standard InChI is InChI=1S/C18H16N2O3S/c21-18-16-12-2-1-3-15(12)24-17(16)19-10-20(18)9-11-4-5-13-14(8-11)23-7-6-22-13/h4-5,8,10H,1-3,6-7,9H2. The van der Waals surface area contributed by atoms with Crippen LogP contribution in [0.2, 0.25) is 0 Å². The average Bonchev–Trinajstić information content (AvgIpc) is 3.18. The van der Waals surface area contributed by atoms with Crippen molar-refractivity contribution >= 4 is 21.6 Å². The van der Waals surface area contributed by atoms with Gasteiger partial charge in [0.15, 0.2) is 11.5 Å². The first-order chi connectivity index (χ1) is 11.8. The first-order valence-corrected chi connectivity index (χ1v) is 8.99. The van der Waals surface area contributed by atoms with Crippen LogP contribution in [0.3, 0.4) is 0 Å². The molecule has 0 atom stereocenters. The summed E-state index contributed by atoms with van der Waals surface area (Å²) >= 11 is 1.67. The van der Waals surface area contributed by atoms with E-state index >= 15 is 0 Å². The van der Waals surface area contributed by atoms with Crippen molar-refractivity contribution in [2.45, 2.75) is 25.8 Å². The Morgan fingerprint density at radius 3 is 2.96 bits per heavy atom. The zero-order valence-corrected chi connectivity index (χ0v) is 13.9. The zero-order valence-electron chi connectivity index (χ0n) is 13.1. The number of ether oxygens (including phenoxy) is 2. The van der Waals surface area contributed by atoms with Crippen LogP contribution < -0.4 is 15.0 Å². The molecule has 1 aliphatic heterocycles. The molecule has 0 unspecified atom stereocenters. The lowest BCUT2D eigenvalue weighted by Crippen LogP contribution is -2.21. The second kappa shape index (κ2) is 5.34. The maximum Gasteiger partial charge on any atom is 0.262 e. The van der Waals surface area contributed by atoms with Gasteiger partial charge in [0.05, 0.1) is 18.3 Å². The van der Waals surface area contributed by atoms with Crippen molar-refractivity contribution in [2.75, 3.05) is 13.2 Å². The van der Waals surface area contributed by atoms with Crippen LogP contribution in [-0.2, 0) is 19.4 Å². The predicted molar refractivity (Wildman–Crippen MR) is 92.4 cm³/mol. The lowest BCUT2D eigenvalue weighted by atomic mass is 10.1. The molecule has 5 nitrogen and oxygen atoms in total. The van der Waals surface area contributed by atoms with Crippen molar-refractivity contribution in [3.8, 4) is 11.5 Å². The summed E-state index contributed by atoms with van der Waals surface area (Å²) in [6, 6.07) is 5.83. The van der Waals surface area contributed by atoms with Gasteiger partial charge < -0.3 is 9.47 Å². The van der Waals surface area contributed by atoms with Crippen molar-refractivity contribution in [1.82, 2.24) is 9.55 Å². The molecule has 3 heterocycles. The van der Waals surface area contributed by atoms with Gasteiger partial charge in [0, 0.05) is 4.88 Å². The lowest BCUT2D eigenvalue weighted by Gasteiger charge is -2.19. The number of benzene rings is 1. The number of thiophene rings is 1. The maximum absolute atomic E-state index is 12.9. The molecule has 2 aromatic heterocycles. The van der Waals surface area contributed by atoms with Crippen LogP contribution in [0.25, 0.3) is 10.2 Å². The fourth-order valence-corrected chi connectivity index (χ4v) is 4.73. The summed E-state index contributed by atoms with van der Waals surface area (Å²) in [5.74, 6) is 1.51. The number of nitrogens with zero attached hydrogens (tertiary/aromatic N) is 2. The van der Waals surface area contributed by atoms with E-state index in [1.807, 2.05) is 18.2 Å². The van der Waals surface area contributed by atoms with Crippen molar-refractivity contribution in [3.05, 3.63) is 50.9 Å². The molecule has 0 fully saturated rings. The molecular weight excluding hydrogens is 324 g/mol. The Balaban J connectivity index is 1.55. The van der Waals surface area contributed by atoms with Crippen LogP contribution in [0.1, 0.15) is 22.4 Å². The summed E-state index contributed by atoms with van der Waals surface area (Å²) in [5, 5.41) is 0.826. The average molecular weight is 340 g/mol. The monoisotopic (exact) mass is 340 g/mol. The SMILES string of the molecule is O=c1c2c3c(sc2ncn1Cc1ccc2c(c1)OCCO2)CCC3. The normalized spacial score (nSPS) is 15.7. The van der Waals surface area contributed by atoms with Crippen LogP contribution in [0.15, 0.2) is 29.3 Å². The molecule has 5 rings (SSSR count). The minimum Gasteiger partial charge on any atom is -0.486 e. The Labute approximate surface area is 142 Å². The topological polar surface area (TPSA) is 53.4 Å². The highest BCUT2D eigenvalue weighted by Gasteiger charge is 2.21. The molecule has 0 bridgehead atoms. The Morgan fingerprint density at radius 1 is 1.17 bits per heavy atom. The third kappa shape index (κ3) is 2.13. The number of rotatable bonds is 2. The van der Waals surface area contributed by atoms with Gasteiger partial charge in [-0.2, -0.15) is 0 Å². The first-order valence-electron chi connectivity index (χ1n) is 8.18. The van der Waals surface area contributed by atoms with E-state index in [0.717, 1.165) is 46.5 Å². The minimum absolute atomic E-state index is 0.0642. The van der Waals surface area contributed by atoms with Gasteiger partial charge in [-0.15, -0.1) is 11.3 Å². The number of hydrogen-bond donors (Lipinski definition) is 0. The number of fused-ring (bicyclic) bond motifs is 4. The zero-order chi connectivity index (χ0) is 16.1. The quantitative estimate of drug-likeness (QED) is 0.720. The summed E-state index contributed by atoms with van der Waals surface area (Å²) in [4.78, 5) is 19.6. The van der Waals surface area contributed by atoms with Crippen LogP contribution in [0.4, 0.5) is 0 Å². The number of aryl methyl sites for hydroxylation is 2. The fourth-order valence-electron chi connectivity index (χ4n) is 3.51. The summed E-state index contributed by atoms with van der Waals surface area (Å²) in [6.07, 6.45) is 4.89. The second-order valence-corrected chi connectivity index (χ2v) is 7.28. The molecule has 0 saturated carbocycles.